The molecule has 0 aliphatic heterocycles. The zero-order valence-electron chi connectivity index (χ0n) is 59.8. The van der Waals surface area contributed by atoms with E-state index in [1.165, 1.54) is 0 Å². The van der Waals surface area contributed by atoms with E-state index in [1.54, 1.807) is 0 Å². The van der Waals surface area contributed by atoms with E-state index in [2.05, 4.69) is 325 Å². The zero-order valence-corrected chi connectivity index (χ0v) is 67.8. The third-order valence-electron chi connectivity index (χ3n) is 18.5. The van der Waals surface area contributed by atoms with Crippen LogP contribution in [0.5, 0.6) is 0 Å². The summed E-state index contributed by atoms with van der Waals surface area (Å²) in [5.41, 5.74) is 40.3. The zero-order chi connectivity index (χ0) is 64.2. The van der Waals surface area contributed by atoms with Crippen molar-refractivity contribution in [3.05, 3.63) is 44.5 Å². The Kier molecular flexibility index (Phi) is 25.9. The molecular formula is C73H120OSi8. The minimum absolute atomic E-state index is 0.0744. The number of carbonyl (C=O) groups is 1. The molecule has 0 atom stereocenters. The third kappa shape index (κ3) is 16.3. The molecule has 0 fully saturated rings. The van der Waals surface area contributed by atoms with Gasteiger partial charge in [0.25, 0.3) is 0 Å². The first kappa shape index (κ1) is 75.1. The first-order valence-electron chi connectivity index (χ1n) is 32.0. The fourth-order valence-electron chi connectivity index (χ4n) is 14.6. The number of allylic oxidation sites excluding steroid dienone is 4. The van der Waals surface area contributed by atoms with Crippen LogP contribution in [0, 0.1) is 80.2 Å². The number of carbonyl (C=O) groups excluding carboxylic acids is 1. The molecule has 0 unspecified atom stereocenters. The molecule has 9 heteroatoms. The molecule has 1 aliphatic carbocycles. The third-order valence-corrected chi connectivity index (χ3v) is 48.3. The average molecular weight is 1240 g/mol. The Morgan fingerprint density at radius 1 is 0.256 bits per heavy atom. The van der Waals surface area contributed by atoms with Crippen LogP contribution in [0.3, 0.4) is 0 Å². The Morgan fingerprint density at radius 3 is 0.744 bits per heavy atom. The lowest BCUT2D eigenvalue weighted by molar-refractivity contribution is -0.110. The topological polar surface area (TPSA) is 17.1 Å². The molecule has 0 heterocycles. The maximum absolute atomic E-state index is 17.0. The van der Waals surface area contributed by atoms with Gasteiger partial charge in [0.2, 0.25) is 5.78 Å². The van der Waals surface area contributed by atoms with Gasteiger partial charge < -0.3 is 0 Å². The van der Waals surface area contributed by atoms with Crippen molar-refractivity contribution >= 4 is 81.1 Å². The second-order valence-electron chi connectivity index (χ2n) is 32.4. The van der Waals surface area contributed by atoms with E-state index in [0.29, 0.717) is 77.6 Å². The van der Waals surface area contributed by atoms with E-state index in [9.17, 15) is 0 Å². The molecule has 82 heavy (non-hydrogen) atoms. The SMILES string of the molecule is CC(C)[Si](C#CC1=C(C#C[Si](C)(C)C)C(=O)C(c2c(C#C[Si](C)(C)C)c(C#C[Si](C(C)C)(C(C)C)C(C)C)c(C#C[Si](C(C)C)(C(C)C)C(C)C)c(C#C[Si](C)(C)C)c2[Si](C)(C)C)=C1C#C[Si](C(C)C)(C(C)C)C(C)C)(C(C)C)C(C)C. The van der Waals surface area contributed by atoms with Crippen LogP contribution < -0.4 is 5.19 Å². The van der Waals surface area contributed by atoms with Crippen LogP contribution in [0.4, 0.5) is 0 Å². The van der Waals surface area contributed by atoms with Crippen LogP contribution in [0.25, 0.3) is 5.57 Å². The van der Waals surface area contributed by atoms with Crippen molar-refractivity contribution in [3.63, 3.8) is 0 Å². The number of ketones is 1. The van der Waals surface area contributed by atoms with Gasteiger partial charge in [-0.15, -0.1) is 38.8 Å². The van der Waals surface area contributed by atoms with Gasteiger partial charge in [0.05, 0.1) is 35.9 Å². The molecule has 1 aromatic carbocycles. The second-order valence-corrected chi connectivity index (χ2v) is 74.0. The lowest BCUT2D eigenvalue weighted by Gasteiger charge is -2.38. The molecule has 2 rings (SSSR count). The highest BCUT2D eigenvalue weighted by Crippen LogP contribution is 2.47. The quantitative estimate of drug-likeness (QED) is 0.134. The van der Waals surface area contributed by atoms with Crippen LogP contribution in [0.2, 0.25) is 145 Å². The Hall–Kier alpha value is -2.97. The molecule has 0 amide bonds. The summed E-state index contributed by atoms with van der Waals surface area (Å²) in [6.45, 7) is 85.6. The van der Waals surface area contributed by atoms with E-state index in [0.717, 1.165) is 44.2 Å². The standard InChI is InChI=1S/C73H120OSi8/c1-51(2)79(52(3)4,53(5)6)47-40-63-64(41-48-80(54(7)8,55(9)10)56(11)12)69(39-46-77(31,32)33)73(78(34,35)36)71(67(63)37-44-75(25,26)27)70-66(43-50-82(60(19)20,61(21)22)62(23)24)65(68(72(70)74)38-45-76(28,29)30)42-49-81(57(13)14,58(15)16)59(17)18/h51-62H,1-36H3. The summed E-state index contributed by atoms with van der Waals surface area (Å²) in [5.74, 6) is 28.1. The van der Waals surface area contributed by atoms with Crippen molar-refractivity contribution in [3.8, 4) is 80.2 Å². The molecular weight excluding hydrogens is 1120 g/mol. The molecule has 1 aliphatic rings. The molecule has 0 radical (unpaired) electrons. The fourth-order valence-corrected chi connectivity index (χ4v) is 38.9. The Bertz CT molecular complexity index is 2960. The van der Waals surface area contributed by atoms with Gasteiger partial charge in [-0.05, 0) is 71.7 Å². The Labute approximate surface area is 518 Å². The number of rotatable bonds is 14. The van der Waals surface area contributed by atoms with Crippen LogP contribution >= 0.6 is 0 Å². The number of hydrogen-bond donors (Lipinski definition) is 0. The van der Waals surface area contributed by atoms with E-state index in [4.69, 9.17) is 0 Å². The van der Waals surface area contributed by atoms with E-state index >= 15 is 4.79 Å². The fraction of sp³-hybridized carbons (Fsp3) is 0.658. The molecule has 450 valence electrons. The summed E-state index contributed by atoms with van der Waals surface area (Å²) in [4.78, 5) is 17.0. The summed E-state index contributed by atoms with van der Waals surface area (Å²) >= 11 is 0. The van der Waals surface area contributed by atoms with Crippen molar-refractivity contribution in [2.45, 2.75) is 311 Å². The van der Waals surface area contributed by atoms with Crippen molar-refractivity contribution in [1.29, 1.82) is 0 Å². The summed E-state index contributed by atoms with van der Waals surface area (Å²) in [6, 6.07) is 0. The lowest BCUT2D eigenvalue weighted by atomic mass is 9.86. The predicted molar refractivity (Wildman–Crippen MR) is 393 cm³/mol. The van der Waals surface area contributed by atoms with E-state index in [1.807, 2.05) is 0 Å². The minimum atomic E-state index is -2.60. The van der Waals surface area contributed by atoms with Crippen molar-refractivity contribution in [2.75, 3.05) is 0 Å². The molecule has 0 spiro atoms. The van der Waals surface area contributed by atoms with Gasteiger partial charge in [0.15, 0.2) is 0 Å². The molecule has 0 bridgehead atoms. The summed E-state index contributed by atoms with van der Waals surface area (Å²) in [7, 11) is -18.3. The molecule has 0 saturated carbocycles. The molecule has 0 N–H and O–H groups in total. The van der Waals surface area contributed by atoms with Gasteiger partial charge in [-0.2, -0.15) is 0 Å². The summed E-state index contributed by atoms with van der Waals surface area (Å²) in [5, 5.41) is 1.14. The monoisotopic (exact) mass is 1240 g/mol. The van der Waals surface area contributed by atoms with Crippen molar-refractivity contribution < 1.29 is 4.79 Å². The number of Topliss-reactive ketones (excluding diaryl/α,β-unsaturated/α-hetero) is 1. The normalized spacial score (nSPS) is 14.2. The lowest BCUT2D eigenvalue weighted by Crippen LogP contribution is -2.45. The van der Waals surface area contributed by atoms with Crippen LogP contribution in [-0.2, 0) is 4.79 Å². The Balaban J connectivity index is 4.47. The summed E-state index contributed by atoms with van der Waals surface area (Å²) in [6.07, 6.45) is 0. The van der Waals surface area contributed by atoms with Gasteiger partial charge in [-0.25, -0.2) is 0 Å². The van der Waals surface area contributed by atoms with Crippen LogP contribution in [0.15, 0.2) is 16.7 Å². The molecule has 0 aromatic heterocycles. The first-order valence-corrected chi connectivity index (χ1v) is 55.0. The summed E-state index contributed by atoms with van der Waals surface area (Å²) < 4.78 is 0. The highest BCUT2D eigenvalue weighted by atomic mass is 28.3. The maximum Gasteiger partial charge on any atom is 0.204 e. The van der Waals surface area contributed by atoms with Crippen molar-refractivity contribution in [1.82, 2.24) is 0 Å². The minimum Gasteiger partial charge on any atom is -0.288 e. The second kappa shape index (κ2) is 28.2. The highest BCUT2D eigenvalue weighted by Gasteiger charge is 2.47. The predicted octanol–water partition coefficient (Wildman–Crippen LogP) is 20.8. The smallest absolute Gasteiger partial charge is 0.204 e. The Morgan fingerprint density at radius 2 is 0.476 bits per heavy atom. The van der Waals surface area contributed by atoms with Gasteiger partial charge in [-0.3, -0.25) is 4.79 Å². The van der Waals surface area contributed by atoms with Gasteiger partial charge >= 0.3 is 0 Å². The van der Waals surface area contributed by atoms with Gasteiger partial charge in [0, 0.05) is 22.3 Å². The maximum atomic E-state index is 17.0. The first-order chi connectivity index (χ1) is 37.0. The van der Waals surface area contributed by atoms with Crippen molar-refractivity contribution in [2.24, 2.45) is 0 Å². The van der Waals surface area contributed by atoms with Crippen LogP contribution in [0.1, 0.15) is 194 Å². The number of hydrogen-bond acceptors (Lipinski definition) is 1. The van der Waals surface area contributed by atoms with Gasteiger partial charge in [0.1, 0.15) is 56.5 Å². The average Bonchev–Trinajstić information content (AvgIpc) is 3.53. The van der Waals surface area contributed by atoms with Gasteiger partial charge in [-0.1, -0.05) is 286 Å². The molecule has 1 nitrogen and oxygen atoms in total. The van der Waals surface area contributed by atoms with E-state index in [-0.39, 0.29) is 5.78 Å². The van der Waals surface area contributed by atoms with Crippen LogP contribution in [-0.4, -0.2) is 70.4 Å². The number of benzene rings is 1. The highest BCUT2D eigenvalue weighted by molar-refractivity contribution is 6.93. The molecule has 1 aromatic rings. The largest absolute Gasteiger partial charge is 0.288 e. The van der Waals surface area contributed by atoms with E-state index < -0.39 is 64.6 Å². The molecule has 0 saturated heterocycles.